The number of fused-ring (bicyclic) bond motifs is 1. The number of likely N-dealkylation sites (N-methyl/N-ethyl adjacent to an activating group) is 1. The van der Waals surface area contributed by atoms with Crippen molar-refractivity contribution < 1.29 is 9.37 Å². The van der Waals surface area contributed by atoms with Crippen LogP contribution in [0.2, 0.25) is 0 Å². The number of carbonyl (C=O) groups is 1. The van der Waals surface area contributed by atoms with E-state index in [1.807, 2.05) is 39.0 Å². The Bertz CT molecular complexity index is 360. The van der Waals surface area contributed by atoms with Crippen LogP contribution in [0.15, 0.2) is 0 Å². The van der Waals surface area contributed by atoms with Crippen molar-refractivity contribution >= 4 is 23.0 Å². The summed E-state index contributed by atoms with van der Waals surface area (Å²) in [6.07, 6.45) is 2.09. The topological polar surface area (TPSA) is 47.4 Å². The molecule has 2 heterocycles. The summed E-state index contributed by atoms with van der Waals surface area (Å²) >= 11 is 1.66. The second-order valence-electron chi connectivity index (χ2n) is 5.14. The van der Waals surface area contributed by atoms with Gasteiger partial charge >= 0.3 is 11.2 Å². The number of urea groups is 1. The normalized spacial score (nSPS) is 29.3. The van der Waals surface area contributed by atoms with Crippen molar-refractivity contribution in [2.75, 3.05) is 13.3 Å². The van der Waals surface area contributed by atoms with E-state index in [1.54, 1.807) is 11.8 Å². The van der Waals surface area contributed by atoms with Gasteiger partial charge < -0.3 is 0 Å². The van der Waals surface area contributed by atoms with Gasteiger partial charge in [-0.2, -0.15) is 0 Å². The molecule has 2 aliphatic rings. The lowest BCUT2D eigenvalue weighted by atomic mass is 10.1. The summed E-state index contributed by atoms with van der Waals surface area (Å²) < 4.78 is 2.08. The average molecular weight is 243 g/mol. The Morgan fingerprint density at radius 3 is 2.50 bits per heavy atom. The SMILES string of the molecule is CSC1=[N+](C)C2NC(=O)N(C(C)(C)C)C2N1. The van der Waals surface area contributed by atoms with Crippen molar-refractivity contribution in [3.05, 3.63) is 0 Å². The lowest BCUT2D eigenvalue weighted by Gasteiger charge is -2.32. The van der Waals surface area contributed by atoms with Gasteiger partial charge in [-0.05, 0) is 38.8 Å². The Morgan fingerprint density at radius 1 is 1.38 bits per heavy atom. The highest BCUT2D eigenvalue weighted by Gasteiger charge is 2.54. The fraction of sp³-hybridized carbons (Fsp3) is 0.800. The van der Waals surface area contributed by atoms with Gasteiger partial charge in [0.15, 0.2) is 0 Å². The van der Waals surface area contributed by atoms with Crippen LogP contribution in [-0.2, 0) is 0 Å². The smallest absolute Gasteiger partial charge is 0.294 e. The minimum absolute atomic E-state index is 0.00185. The van der Waals surface area contributed by atoms with Gasteiger partial charge in [0.1, 0.15) is 0 Å². The van der Waals surface area contributed by atoms with E-state index in [-0.39, 0.29) is 23.9 Å². The molecule has 0 bridgehead atoms. The molecule has 1 saturated heterocycles. The molecule has 2 unspecified atom stereocenters. The van der Waals surface area contributed by atoms with Gasteiger partial charge in [-0.3, -0.25) is 10.2 Å². The monoisotopic (exact) mass is 243 g/mol. The summed E-state index contributed by atoms with van der Waals surface area (Å²) in [5.74, 6) is 0. The summed E-state index contributed by atoms with van der Waals surface area (Å²) in [6.45, 7) is 6.15. The molecular weight excluding hydrogens is 224 g/mol. The maximum Gasteiger partial charge on any atom is 0.324 e. The molecule has 90 valence electrons. The number of thioether (sulfide) groups is 1. The Hall–Kier alpha value is -0.910. The Morgan fingerprint density at radius 2 is 2.00 bits per heavy atom. The number of nitrogens with zero attached hydrogens (tertiary/aromatic N) is 2. The van der Waals surface area contributed by atoms with Crippen LogP contribution in [0, 0.1) is 0 Å². The van der Waals surface area contributed by atoms with Gasteiger partial charge in [0.25, 0.3) is 0 Å². The number of hydrogen-bond donors (Lipinski definition) is 2. The summed E-state index contributed by atoms with van der Waals surface area (Å²) in [5.41, 5.74) is -0.175. The van der Waals surface area contributed by atoms with Crippen LogP contribution in [0.3, 0.4) is 0 Å². The molecule has 2 rings (SSSR count). The first-order valence-corrected chi connectivity index (χ1v) is 6.59. The predicted octanol–water partition coefficient (Wildman–Crippen LogP) is 0.427. The molecule has 0 aromatic heterocycles. The Labute approximate surface area is 100 Å². The number of rotatable bonds is 0. The number of carbonyl (C=O) groups excluding carboxylic acids is 1. The summed E-state index contributed by atoms with van der Waals surface area (Å²) in [7, 11) is 2.00. The van der Waals surface area contributed by atoms with Crippen LogP contribution in [-0.4, -0.2) is 51.8 Å². The first kappa shape index (κ1) is 11.6. The number of amidine groups is 1. The van der Waals surface area contributed by atoms with Crippen molar-refractivity contribution in [1.29, 1.82) is 0 Å². The van der Waals surface area contributed by atoms with Crippen molar-refractivity contribution in [3.63, 3.8) is 0 Å². The third-order valence-corrected chi connectivity index (χ3v) is 3.78. The van der Waals surface area contributed by atoms with E-state index < -0.39 is 0 Å². The minimum atomic E-state index is -0.175. The number of nitrogens with one attached hydrogen (secondary N) is 2. The molecule has 5 nitrogen and oxygen atoms in total. The van der Waals surface area contributed by atoms with Crippen LogP contribution in [0.5, 0.6) is 0 Å². The zero-order valence-corrected chi connectivity index (χ0v) is 11.2. The lowest BCUT2D eigenvalue weighted by molar-refractivity contribution is -0.532. The first-order valence-electron chi connectivity index (χ1n) is 5.36. The van der Waals surface area contributed by atoms with E-state index in [9.17, 15) is 4.79 Å². The molecule has 2 atom stereocenters. The van der Waals surface area contributed by atoms with Crippen molar-refractivity contribution in [1.82, 2.24) is 15.5 Å². The van der Waals surface area contributed by atoms with E-state index in [1.165, 1.54) is 0 Å². The molecule has 2 N–H and O–H groups in total. The van der Waals surface area contributed by atoms with Crippen molar-refractivity contribution in [2.24, 2.45) is 0 Å². The average Bonchev–Trinajstić information content (AvgIpc) is 2.61. The number of amides is 2. The van der Waals surface area contributed by atoms with Crippen molar-refractivity contribution in [2.45, 2.75) is 38.6 Å². The fourth-order valence-corrected chi connectivity index (χ4v) is 2.91. The lowest BCUT2D eigenvalue weighted by Crippen LogP contribution is -2.53. The highest BCUT2D eigenvalue weighted by molar-refractivity contribution is 8.13. The fourth-order valence-electron chi connectivity index (χ4n) is 2.27. The second kappa shape index (κ2) is 3.55. The zero-order valence-electron chi connectivity index (χ0n) is 10.4. The van der Waals surface area contributed by atoms with Crippen LogP contribution in [0.4, 0.5) is 4.79 Å². The molecule has 0 aliphatic carbocycles. The molecule has 2 aliphatic heterocycles. The first-order chi connectivity index (χ1) is 7.36. The number of hydrogen-bond acceptors (Lipinski definition) is 3. The molecule has 2 amide bonds. The Balaban J connectivity index is 2.28. The minimum Gasteiger partial charge on any atom is -0.294 e. The van der Waals surface area contributed by atoms with E-state index in [2.05, 4.69) is 15.2 Å². The molecule has 0 radical (unpaired) electrons. The van der Waals surface area contributed by atoms with Crippen LogP contribution in [0.1, 0.15) is 20.8 Å². The summed E-state index contributed by atoms with van der Waals surface area (Å²) in [4.78, 5) is 13.8. The summed E-state index contributed by atoms with van der Waals surface area (Å²) in [6, 6.07) is 0.00185. The van der Waals surface area contributed by atoms with E-state index in [0.29, 0.717) is 0 Å². The van der Waals surface area contributed by atoms with Gasteiger partial charge in [0.05, 0.1) is 7.05 Å². The Kier molecular flexibility index (Phi) is 2.57. The van der Waals surface area contributed by atoms with Gasteiger partial charge in [-0.1, -0.05) is 0 Å². The molecular formula is C10H19N4OS+. The second-order valence-corrected chi connectivity index (χ2v) is 5.94. The maximum absolute atomic E-state index is 11.9. The van der Waals surface area contributed by atoms with E-state index in [4.69, 9.17) is 0 Å². The zero-order chi connectivity index (χ0) is 12.1. The van der Waals surface area contributed by atoms with Gasteiger partial charge in [0, 0.05) is 5.54 Å². The van der Waals surface area contributed by atoms with Crippen LogP contribution in [0.25, 0.3) is 0 Å². The third-order valence-electron chi connectivity index (χ3n) is 2.99. The standard InChI is InChI=1S/C10H18N4OS/c1-10(2,3)14-7-6(11-8(14)15)13(4)9(12-7)16-5/h6-7H,1-5H3,(H,11,15)/p+1. The molecule has 16 heavy (non-hydrogen) atoms. The van der Waals surface area contributed by atoms with E-state index >= 15 is 0 Å². The molecule has 6 heteroatoms. The summed E-state index contributed by atoms with van der Waals surface area (Å²) in [5, 5.41) is 7.49. The van der Waals surface area contributed by atoms with Gasteiger partial charge in [-0.25, -0.2) is 14.7 Å². The highest BCUT2D eigenvalue weighted by Crippen LogP contribution is 2.26. The molecule has 0 aromatic carbocycles. The van der Waals surface area contributed by atoms with E-state index in [0.717, 1.165) is 5.17 Å². The quantitative estimate of drug-likeness (QED) is 0.607. The molecule has 0 spiro atoms. The van der Waals surface area contributed by atoms with Gasteiger partial charge in [-0.15, -0.1) is 0 Å². The van der Waals surface area contributed by atoms with Crippen LogP contribution < -0.4 is 10.6 Å². The highest BCUT2D eigenvalue weighted by atomic mass is 32.2. The third kappa shape index (κ3) is 1.55. The largest absolute Gasteiger partial charge is 0.324 e. The van der Waals surface area contributed by atoms with Gasteiger partial charge in [0.2, 0.25) is 12.3 Å². The molecule has 0 saturated carbocycles. The molecule has 1 fully saturated rings. The predicted molar refractivity (Wildman–Crippen MR) is 65.5 cm³/mol. The molecule has 0 aromatic rings. The maximum atomic E-state index is 11.9. The van der Waals surface area contributed by atoms with Crippen molar-refractivity contribution in [3.8, 4) is 0 Å². The van der Waals surface area contributed by atoms with Crippen LogP contribution >= 0.6 is 11.8 Å².